The van der Waals surface area contributed by atoms with Crippen LogP contribution in [0, 0.1) is 18.7 Å². The van der Waals surface area contributed by atoms with Crippen molar-refractivity contribution in [3.05, 3.63) is 28.0 Å². The molecule has 0 saturated heterocycles. The summed E-state index contributed by atoms with van der Waals surface area (Å²) in [7, 11) is 0. The maximum Gasteiger partial charge on any atom is 0.227 e. The van der Waals surface area contributed by atoms with Gasteiger partial charge in [-0.25, -0.2) is 4.39 Å². The summed E-state index contributed by atoms with van der Waals surface area (Å²) >= 11 is 3.13. The zero-order valence-electron chi connectivity index (χ0n) is 10.9. The van der Waals surface area contributed by atoms with Gasteiger partial charge >= 0.3 is 0 Å². The van der Waals surface area contributed by atoms with Crippen LogP contribution < -0.4 is 11.1 Å². The highest BCUT2D eigenvalue weighted by Gasteiger charge is 2.25. The molecule has 0 aliphatic heterocycles. The van der Waals surface area contributed by atoms with Gasteiger partial charge in [0, 0.05) is 17.6 Å². The summed E-state index contributed by atoms with van der Waals surface area (Å²) in [4.78, 5) is 12.2. The molecule has 5 heteroatoms. The molecule has 2 unspecified atom stereocenters. The molecule has 0 radical (unpaired) electrons. The van der Waals surface area contributed by atoms with Gasteiger partial charge in [0.1, 0.15) is 5.82 Å². The average Bonchev–Trinajstić information content (AvgIpc) is 2.36. The summed E-state index contributed by atoms with van der Waals surface area (Å²) in [6.45, 7) is 1.84. The van der Waals surface area contributed by atoms with Gasteiger partial charge in [-0.2, -0.15) is 0 Å². The first-order chi connectivity index (χ1) is 8.97. The highest BCUT2D eigenvalue weighted by atomic mass is 79.9. The highest BCUT2D eigenvalue weighted by Crippen LogP contribution is 2.27. The summed E-state index contributed by atoms with van der Waals surface area (Å²) in [6.07, 6.45) is 3.53. The van der Waals surface area contributed by atoms with Gasteiger partial charge in [0.05, 0.1) is 4.47 Å². The van der Waals surface area contributed by atoms with Crippen LogP contribution in [0.4, 0.5) is 10.1 Å². The number of aryl methyl sites for hydroxylation is 1. The summed E-state index contributed by atoms with van der Waals surface area (Å²) in [5.74, 6) is -0.490. The summed E-state index contributed by atoms with van der Waals surface area (Å²) in [6, 6.07) is 3.12. The van der Waals surface area contributed by atoms with Gasteiger partial charge in [-0.1, -0.05) is 6.42 Å². The van der Waals surface area contributed by atoms with Crippen LogP contribution in [0.15, 0.2) is 16.6 Å². The van der Waals surface area contributed by atoms with E-state index in [9.17, 15) is 9.18 Å². The van der Waals surface area contributed by atoms with Crippen LogP contribution in [0.1, 0.15) is 31.2 Å². The van der Waals surface area contributed by atoms with E-state index in [4.69, 9.17) is 5.73 Å². The Balaban J connectivity index is 2.08. The van der Waals surface area contributed by atoms with E-state index < -0.39 is 0 Å². The van der Waals surface area contributed by atoms with E-state index in [0.29, 0.717) is 16.6 Å². The van der Waals surface area contributed by atoms with Crippen molar-refractivity contribution in [1.82, 2.24) is 0 Å². The molecule has 104 valence electrons. The SMILES string of the molecule is Cc1cc(Br)c(F)cc1NC(=O)C1CCCC(N)C1. The Labute approximate surface area is 120 Å². The van der Waals surface area contributed by atoms with Gasteiger partial charge < -0.3 is 11.1 Å². The molecule has 0 aromatic heterocycles. The lowest BCUT2D eigenvalue weighted by Gasteiger charge is -2.26. The number of carbonyl (C=O) groups excluding carboxylic acids is 1. The minimum atomic E-state index is -0.374. The molecule has 1 aromatic carbocycles. The van der Waals surface area contributed by atoms with Crippen molar-refractivity contribution >= 4 is 27.5 Å². The van der Waals surface area contributed by atoms with Crippen molar-refractivity contribution in [3.63, 3.8) is 0 Å². The molecular formula is C14H18BrFN2O. The summed E-state index contributed by atoms with van der Waals surface area (Å²) in [5.41, 5.74) is 7.25. The number of rotatable bonds is 2. The lowest BCUT2D eigenvalue weighted by atomic mass is 9.85. The second-order valence-electron chi connectivity index (χ2n) is 5.19. The molecule has 2 atom stereocenters. The standard InChI is InChI=1S/C14H18BrFN2O/c1-8-5-11(15)12(16)7-13(8)18-14(19)9-3-2-4-10(17)6-9/h5,7,9-10H,2-4,6,17H2,1H3,(H,18,19). The summed E-state index contributed by atoms with van der Waals surface area (Å²) in [5, 5.41) is 2.81. The molecule has 1 amide bonds. The van der Waals surface area contributed by atoms with E-state index >= 15 is 0 Å². The minimum absolute atomic E-state index is 0.0556. The molecule has 1 fully saturated rings. The normalized spacial score (nSPS) is 23.2. The van der Waals surface area contributed by atoms with Gasteiger partial charge in [-0.05, 0) is 59.8 Å². The molecule has 1 aliphatic rings. The van der Waals surface area contributed by atoms with Crippen LogP contribution in [0.2, 0.25) is 0 Å². The Kier molecular flexibility index (Phi) is 4.58. The number of carbonyl (C=O) groups is 1. The van der Waals surface area contributed by atoms with Crippen LogP contribution in [0.25, 0.3) is 0 Å². The average molecular weight is 329 g/mol. The van der Waals surface area contributed by atoms with E-state index in [-0.39, 0.29) is 23.7 Å². The molecule has 3 N–H and O–H groups in total. The minimum Gasteiger partial charge on any atom is -0.328 e. The lowest BCUT2D eigenvalue weighted by molar-refractivity contribution is -0.120. The first kappa shape index (κ1) is 14.5. The number of nitrogens with one attached hydrogen (secondary N) is 1. The van der Waals surface area contributed by atoms with E-state index in [1.54, 1.807) is 6.07 Å². The third-order valence-corrected chi connectivity index (χ3v) is 4.22. The largest absolute Gasteiger partial charge is 0.328 e. The van der Waals surface area contributed by atoms with Gasteiger partial charge in [0.25, 0.3) is 0 Å². The Morgan fingerprint density at radius 3 is 2.89 bits per heavy atom. The third-order valence-electron chi connectivity index (χ3n) is 3.61. The third kappa shape index (κ3) is 3.54. The quantitative estimate of drug-likeness (QED) is 0.874. The molecule has 1 saturated carbocycles. The molecule has 0 spiro atoms. The maximum atomic E-state index is 13.5. The van der Waals surface area contributed by atoms with Crippen molar-refractivity contribution in [2.24, 2.45) is 11.7 Å². The Morgan fingerprint density at radius 1 is 1.47 bits per heavy atom. The fourth-order valence-corrected chi connectivity index (χ4v) is 2.94. The molecule has 1 aliphatic carbocycles. The predicted molar refractivity (Wildman–Crippen MR) is 77.4 cm³/mol. The number of amides is 1. The van der Waals surface area contributed by atoms with E-state index in [1.807, 2.05) is 6.92 Å². The van der Waals surface area contributed by atoms with Crippen molar-refractivity contribution in [2.45, 2.75) is 38.6 Å². The Bertz CT molecular complexity index is 493. The van der Waals surface area contributed by atoms with E-state index in [1.165, 1.54) is 6.07 Å². The number of hydrogen-bond acceptors (Lipinski definition) is 2. The van der Waals surface area contributed by atoms with Gasteiger partial charge in [-0.15, -0.1) is 0 Å². The van der Waals surface area contributed by atoms with Crippen LogP contribution in [0.3, 0.4) is 0 Å². The second kappa shape index (κ2) is 6.01. The molecular weight excluding hydrogens is 311 g/mol. The van der Waals surface area contributed by atoms with Crippen molar-refractivity contribution < 1.29 is 9.18 Å². The molecule has 0 heterocycles. The fourth-order valence-electron chi connectivity index (χ4n) is 2.48. The maximum absolute atomic E-state index is 13.5. The van der Waals surface area contributed by atoms with Gasteiger partial charge in [0.15, 0.2) is 0 Å². The van der Waals surface area contributed by atoms with Gasteiger partial charge in [0.2, 0.25) is 5.91 Å². The monoisotopic (exact) mass is 328 g/mol. The molecule has 3 nitrogen and oxygen atoms in total. The van der Waals surface area contributed by atoms with Crippen molar-refractivity contribution in [2.75, 3.05) is 5.32 Å². The topological polar surface area (TPSA) is 55.1 Å². The van der Waals surface area contributed by atoms with Crippen molar-refractivity contribution in [1.29, 1.82) is 0 Å². The van der Waals surface area contributed by atoms with Crippen LogP contribution in [-0.4, -0.2) is 11.9 Å². The molecule has 19 heavy (non-hydrogen) atoms. The first-order valence-electron chi connectivity index (χ1n) is 6.49. The fraction of sp³-hybridized carbons (Fsp3) is 0.500. The van der Waals surface area contributed by atoms with Crippen molar-refractivity contribution in [3.8, 4) is 0 Å². The molecule has 0 bridgehead atoms. The summed E-state index contributed by atoms with van der Waals surface area (Å²) < 4.78 is 13.9. The Morgan fingerprint density at radius 2 is 2.21 bits per heavy atom. The zero-order chi connectivity index (χ0) is 14.0. The number of anilines is 1. The van der Waals surface area contributed by atoms with E-state index in [2.05, 4.69) is 21.2 Å². The van der Waals surface area contributed by atoms with Crippen LogP contribution >= 0.6 is 15.9 Å². The highest BCUT2D eigenvalue weighted by molar-refractivity contribution is 9.10. The number of benzene rings is 1. The van der Waals surface area contributed by atoms with Crippen LogP contribution in [-0.2, 0) is 4.79 Å². The number of nitrogens with two attached hydrogens (primary N) is 1. The smallest absolute Gasteiger partial charge is 0.227 e. The number of halogens is 2. The second-order valence-corrected chi connectivity index (χ2v) is 6.05. The lowest BCUT2D eigenvalue weighted by Crippen LogP contribution is -2.34. The Hall–Kier alpha value is -0.940. The van der Waals surface area contributed by atoms with E-state index in [0.717, 1.165) is 24.8 Å². The van der Waals surface area contributed by atoms with Crippen LogP contribution in [0.5, 0.6) is 0 Å². The molecule has 2 rings (SSSR count). The van der Waals surface area contributed by atoms with Gasteiger partial charge in [-0.3, -0.25) is 4.79 Å². The molecule has 1 aromatic rings. The number of hydrogen-bond donors (Lipinski definition) is 2. The zero-order valence-corrected chi connectivity index (χ0v) is 12.5. The predicted octanol–water partition coefficient (Wildman–Crippen LogP) is 3.35. The first-order valence-corrected chi connectivity index (χ1v) is 7.28.